The molecule has 4 heteroatoms. The fourth-order valence-electron chi connectivity index (χ4n) is 1.66. The van der Waals surface area contributed by atoms with Crippen LogP contribution >= 0.6 is 11.8 Å². The summed E-state index contributed by atoms with van der Waals surface area (Å²) in [7, 11) is 0. The summed E-state index contributed by atoms with van der Waals surface area (Å²) in [6.45, 7) is 5.16. The molecule has 1 aromatic carbocycles. The van der Waals surface area contributed by atoms with E-state index >= 15 is 0 Å². The van der Waals surface area contributed by atoms with Crippen molar-refractivity contribution in [2.75, 3.05) is 17.6 Å². The lowest BCUT2D eigenvalue weighted by molar-refractivity contribution is 0.0697. The molecule has 1 aromatic rings. The molecule has 1 aliphatic heterocycles. The van der Waals surface area contributed by atoms with Crippen LogP contribution in [0.4, 0.5) is 5.69 Å². The first-order valence-corrected chi connectivity index (χ1v) is 6.21. The Balaban J connectivity index is 2.42. The van der Waals surface area contributed by atoms with Crippen molar-refractivity contribution < 1.29 is 9.90 Å². The first kappa shape index (κ1) is 11.3. The number of thioether (sulfide) groups is 1. The van der Waals surface area contributed by atoms with Crippen LogP contribution in [0.3, 0.4) is 0 Å². The van der Waals surface area contributed by atoms with Crippen LogP contribution in [-0.4, -0.2) is 23.4 Å². The second-order valence-corrected chi connectivity index (χ2v) is 5.81. The van der Waals surface area contributed by atoms with E-state index in [1.807, 2.05) is 6.07 Å². The average molecular weight is 237 g/mol. The van der Waals surface area contributed by atoms with E-state index in [0.29, 0.717) is 5.56 Å². The molecule has 0 fully saturated rings. The number of carbonyl (C=O) groups is 1. The number of anilines is 1. The Kier molecular flexibility index (Phi) is 2.84. The van der Waals surface area contributed by atoms with Gasteiger partial charge in [0, 0.05) is 17.2 Å². The van der Waals surface area contributed by atoms with E-state index in [1.54, 1.807) is 23.9 Å². The predicted molar refractivity (Wildman–Crippen MR) is 66.4 cm³/mol. The lowest BCUT2D eigenvalue weighted by atomic mass is 9.96. The van der Waals surface area contributed by atoms with Crippen molar-refractivity contribution in [3.05, 3.63) is 23.8 Å². The number of fused-ring (bicyclic) bond motifs is 1. The summed E-state index contributed by atoms with van der Waals surface area (Å²) in [4.78, 5) is 12.1. The van der Waals surface area contributed by atoms with Crippen LogP contribution in [0.1, 0.15) is 24.2 Å². The summed E-state index contributed by atoms with van der Waals surface area (Å²) < 4.78 is 0. The Morgan fingerprint density at radius 3 is 2.94 bits per heavy atom. The highest BCUT2D eigenvalue weighted by atomic mass is 32.2. The number of carboxylic acids is 1. The molecule has 0 saturated heterocycles. The normalized spacial score (nSPS) is 18.1. The second kappa shape index (κ2) is 4.01. The monoisotopic (exact) mass is 237 g/mol. The first-order chi connectivity index (χ1) is 7.49. The highest BCUT2D eigenvalue weighted by Crippen LogP contribution is 2.38. The number of para-hydroxylation sites is 1. The van der Waals surface area contributed by atoms with Crippen LogP contribution in [0.25, 0.3) is 0 Å². The molecule has 0 bridgehead atoms. The van der Waals surface area contributed by atoms with Crippen molar-refractivity contribution in [1.29, 1.82) is 0 Å². The fourth-order valence-corrected chi connectivity index (χ4v) is 2.81. The Labute approximate surface area is 99.2 Å². The standard InChI is InChI=1S/C12H15NO2S/c1-12(2)6-13-10-8(11(14)15)4-3-5-9(10)16-7-12/h3-5,13H,6-7H2,1-2H3,(H,14,15). The molecule has 3 nitrogen and oxygen atoms in total. The second-order valence-electron chi connectivity index (χ2n) is 4.79. The van der Waals surface area contributed by atoms with Gasteiger partial charge in [-0.1, -0.05) is 19.9 Å². The lowest BCUT2D eigenvalue weighted by Gasteiger charge is -2.21. The zero-order valence-corrected chi connectivity index (χ0v) is 10.2. The van der Waals surface area contributed by atoms with Crippen LogP contribution in [0, 0.1) is 5.41 Å². The third-order valence-corrected chi connectivity index (χ3v) is 4.20. The van der Waals surface area contributed by atoms with Gasteiger partial charge in [-0.25, -0.2) is 4.79 Å². The van der Waals surface area contributed by atoms with Crippen LogP contribution in [0.5, 0.6) is 0 Å². The van der Waals surface area contributed by atoms with Gasteiger partial charge in [0.05, 0.1) is 11.3 Å². The van der Waals surface area contributed by atoms with E-state index in [4.69, 9.17) is 5.11 Å². The zero-order chi connectivity index (χ0) is 11.8. The van der Waals surface area contributed by atoms with Crippen LogP contribution in [-0.2, 0) is 0 Å². The summed E-state index contributed by atoms with van der Waals surface area (Å²) in [5.74, 6) is 0.125. The van der Waals surface area contributed by atoms with Gasteiger partial charge in [-0.15, -0.1) is 11.8 Å². The average Bonchev–Trinajstić information content (AvgIpc) is 2.38. The predicted octanol–water partition coefficient (Wildman–Crippen LogP) is 2.93. The maximum Gasteiger partial charge on any atom is 0.337 e. The van der Waals surface area contributed by atoms with E-state index in [-0.39, 0.29) is 5.41 Å². The summed E-state index contributed by atoms with van der Waals surface area (Å²) in [6, 6.07) is 5.42. The minimum Gasteiger partial charge on any atom is -0.478 e. The maximum absolute atomic E-state index is 11.1. The van der Waals surface area contributed by atoms with Crippen LogP contribution < -0.4 is 5.32 Å². The Morgan fingerprint density at radius 2 is 2.25 bits per heavy atom. The first-order valence-electron chi connectivity index (χ1n) is 5.23. The summed E-state index contributed by atoms with van der Waals surface area (Å²) in [5, 5.41) is 12.4. The largest absolute Gasteiger partial charge is 0.478 e. The molecule has 0 aromatic heterocycles. The number of carboxylic acid groups (broad SMARTS) is 1. The highest BCUT2D eigenvalue weighted by Gasteiger charge is 2.25. The van der Waals surface area contributed by atoms with Gasteiger partial charge in [-0.3, -0.25) is 0 Å². The Hall–Kier alpha value is -1.16. The summed E-state index contributed by atoms with van der Waals surface area (Å²) >= 11 is 1.72. The number of hydrogen-bond donors (Lipinski definition) is 2. The van der Waals surface area contributed by atoms with Crippen LogP contribution in [0.2, 0.25) is 0 Å². The molecule has 0 saturated carbocycles. The third kappa shape index (κ3) is 2.16. The van der Waals surface area contributed by atoms with Crippen molar-refractivity contribution in [1.82, 2.24) is 0 Å². The molecule has 1 aliphatic rings. The molecule has 16 heavy (non-hydrogen) atoms. The van der Waals surface area contributed by atoms with E-state index < -0.39 is 5.97 Å². The van der Waals surface area contributed by atoms with Crippen molar-refractivity contribution in [3.63, 3.8) is 0 Å². The van der Waals surface area contributed by atoms with E-state index in [1.165, 1.54) is 0 Å². The molecular formula is C12H15NO2S. The molecule has 86 valence electrons. The molecule has 0 radical (unpaired) electrons. The van der Waals surface area contributed by atoms with Gasteiger partial charge in [-0.2, -0.15) is 0 Å². The van der Waals surface area contributed by atoms with Crippen molar-refractivity contribution in [2.45, 2.75) is 18.7 Å². The highest BCUT2D eigenvalue weighted by molar-refractivity contribution is 7.99. The Morgan fingerprint density at radius 1 is 1.50 bits per heavy atom. The topological polar surface area (TPSA) is 49.3 Å². The van der Waals surface area contributed by atoms with Gasteiger partial charge in [-0.05, 0) is 17.5 Å². The van der Waals surface area contributed by atoms with Gasteiger partial charge in [0.2, 0.25) is 0 Å². The van der Waals surface area contributed by atoms with Crippen molar-refractivity contribution >= 4 is 23.4 Å². The minimum atomic E-state index is -0.871. The van der Waals surface area contributed by atoms with Gasteiger partial charge >= 0.3 is 5.97 Å². The summed E-state index contributed by atoms with van der Waals surface area (Å²) in [5.41, 5.74) is 1.31. The van der Waals surface area contributed by atoms with E-state index in [9.17, 15) is 4.79 Å². The fraction of sp³-hybridized carbons (Fsp3) is 0.417. The molecule has 2 N–H and O–H groups in total. The molecule has 1 heterocycles. The van der Waals surface area contributed by atoms with Crippen LogP contribution in [0.15, 0.2) is 23.1 Å². The van der Waals surface area contributed by atoms with Gasteiger partial charge in [0.15, 0.2) is 0 Å². The number of hydrogen-bond acceptors (Lipinski definition) is 3. The molecule has 2 rings (SSSR count). The van der Waals surface area contributed by atoms with Gasteiger partial charge < -0.3 is 10.4 Å². The number of nitrogens with one attached hydrogen (secondary N) is 1. The quantitative estimate of drug-likeness (QED) is 0.788. The molecule has 0 aliphatic carbocycles. The molecule has 0 atom stereocenters. The molecule has 0 spiro atoms. The summed E-state index contributed by atoms with van der Waals surface area (Å²) in [6.07, 6.45) is 0. The SMILES string of the molecule is CC1(C)CNc2c(cccc2C(=O)O)SC1. The zero-order valence-electron chi connectivity index (χ0n) is 9.41. The van der Waals surface area contributed by atoms with E-state index in [2.05, 4.69) is 19.2 Å². The van der Waals surface area contributed by atoms with Crippen molar-refractivity contribution in [2.24, 2.45) is 5.41 Å². The number of benzene rings is 1. The smallest absolute Gasteiger partial charge is 0.337 e. The third-order valence-electron chi connectivity index (χ3n) is 2.62. The maximum atomic E-state index is 11.1. The Bertz CT molecular complexity index is 429. The molecule has 0 amide bonds. The number of rotatable bonds is 1. The molecular weight excluding hydrogens is 222 g/mol. The van der Waals surface area contributed by atoms with Gasteiger partial charge in [0.1, 0.15) is 0 Å². The van der Waals surface area contributed by atoms with E-state index in [0.717, 1.165) is 22.9 Å². The minimum absolute atomic E-state index is 0.180. The van der Waals surface area contributed by atoms with Gasteiger partial charge in [0.25, 0.3) is 0 Å². The number of aromatic carboxylic acids is 1. The lowest BCUT2D eigenvalue weighted by Crippen LogP contribution is -2.24. The van der Waals surface area contributed by atoms with Crippen molar-refractivity contribution in [3.8, 4) is 0 Å². The molecule has 0 unspecified atom stereocenters.